The van der Waals surface area contributed by atoms with Gasteiger partial charge in [-0.25, -0.2) is 14.4 Å². The number of aromatic nitrogens is 4. The molecule has 0 spiro atoms. The third-order valence-corrected chi connectivity index (χ3v) is 7.08. The lowest BCUT2D eigenvalue weighted by Gasteiger charge is -2.32. The minimum Gasteiger partial charge on any atom is -0.356 e. The maximum atomic E-state index is 15.0. The normalized spacial score (nSPS) is 13.2. The van der Waals surface area contributed by atoms with Gasteiger partial charge in [-0.2, -0.15) is 5.10 Å². The van der Waals surface area contributed by atoms with Crippen LogP contribution in [-0.4, -0.2) is 39.2 Å². The topological polar surface area (TPSA) is 98.8 Å². The van der Waals surface area contributed by atoms with E-state index in [-0.39, 0.29) is 5.56 Å². The second kappa shape index (κ2) is 10.4. The smallest absolute Gasteiger partial charge is 0.258 e. The quantitative estimate of drug-likeness (QED) is 0.241. The summed E-state index contributed by atoms with van der Waals surface area (Å²) in [7, 11) is 0. The Labute approximate surface area is 225 Å². The molecule has 0 unspecified atom stereocenters. The molecule has 196 valence electrons. The number of halogens is 1. The number of carbonyl (C=O) groups excluding carboxylic acids is 1. The lowest BCUT2D eigenvalue weighted by molar-refractivity contribution is 0.102. The number of benzene rings is 2. The molecule has 3 heterocycles. The van der Waals surface area contributed by atoms with Crippen molar-refractivity contribution < 1.29 is 9.18 Å². The van der Waals surface area contributed by atoms with Gasteiger partial charge in [-0.15, -0.1) is 0 Å². The summed E-state index contributed by atoms with van der Waals surface area (Å²) in [6, 6.07) is 16.1. The van der Waals surface area contributed by atoms with Crippen LogP contribution in [0.25, 0.3) is 0 Å². The molecule has 0 aliphatic carbocycles. The number of carbonyl (C=O) groups is 1. The van der Waals surface area contributed by atoms with Crippen molar-refractivity contribution in [2.75, 3.05) is 28.6 Å². The van der Waals surface area contributed by atoms with Crippen molar-refractivity contribution in [3.05, 3.63) is 77.2 Å². The van der Waals surface area contributed by atoms with Gasteiger partial charge in [0.1, 0.15) is 17.5 Å². The molecule has 3 N–H and O–H groups in total. The standard InChI is InChI=1S/C28H30FN7OS/c1-17-15-23(35-34-17)31-22-16-24(36-13-6-14-36)33-27(32-22)38-19-11-9-18(10-12-19)30-26(37)20-7-5-8-21(25(20)29)28(2,3)4/h5,7-12,15-16H,6,13-14H2,1-4H3,(H,30,37)(H2,31,32,33,34,35). The van der Waals surface area contributed by atoms with Crippen LogP contribution in [0.4, 0.5) is 27.5 Å². The molecule has 0 radical (unpaired) electrons. The highest BCUT2D eigenvalue weighted by Crippen LogP contribution is 2.31. The van der Waals surface area contributed by atoms with E-state index in [1.807, 2.05) is 52.0 Å². The van der Waals surface area contributed by atoms with Gasteiger partial charge >= 0.3 is 0 Å². The second-order valence-electron chi connectivity index (χ2n) is 10.3. The fourth-order valence-corrected chi connectivity index (χ4v) is 4.81. The molecule has 0 bridgehead atoms. The third-order valence-electron chi connectivity index (χ3n) is 6.21. The van der Waals surface area contributed by atoms with E-state index in [4.69, 9.17) is 4.98 Å². The summed E-state index contributed by atoms with van der Waals surface area (Å²) in [6.45, 7) is 9.64. The molecule has 38 heavy (non-hydrogen) atoms. The highest BCUT2D eigenvalue weighted by molar-refractivity contribution is 7.99. The molecule has 1 fully saturated rings. The molecule has 1 saturated heterocycles. The van der Waals surface area contributed by atoms with Crippen molar-refractivity contribution in [1.82, 2.24) is 20.2 Å². The minimum absolute atomic E-state index is 0.0271. The SMILES string of the molecule is Cc1cc(Nc2cc(N3CCC3)nc(Sc3ccc(NC(=O)c4cccc(C(C)(C)C)c4F)cc3)n2)n[nH]1. The zero-order valence-electron chi connectivity index (χ0n) is 21.8. The first kappa shape index (κ1) is 25.7. The first-order valence-electron chi connectivity index (χ1n) is 12.5. The number of hydrogen-bond acceptors (Lipinski definition) is 7. The number of anilines is 4. The van der Waals surface area contributed by atoms with Gasteiger partial charge in [-0.05, 0) is 66.4 Å². The molecule has 5 rings (SSSR count). The monoisotopic (exact) mass is 531 g/mol. The molecule has 8 nitrogen and oxygen atoms in total. The van der Waals surface area contributed by atoms with E-state index >= 15 is 4.39 Å². The molecule has 1 aliphatic heterocycles. The van der Waals surface area contributed by atoms with E-state index < -0.39 is 17.1 Å². The molecular weight excluding hydrogens is 501 g/mol. The molecule has 2 aromatic heterocycles. The molecule has 0 saturated carbocycles. The Balaban J connectivity index is 1.31. The third kappa shape index (κ3) is 5.80. The largest absolute Gasteiger partial charge is 0.356 e. The Hall–Kier alpha value is -3.92. The Morgan fingerprint density at radius 2 is 1.82 bits per heavy atom. The van der Waals surface area contributed by atoms with Crippen molar-refractivity contribution in [1.29, 1.82) is 0 Å². The highest BCUT2D eigenvalue weighted by Gasteiger charge is 2.23. The maximum absolute atomic E-state index is 15.0. The van der Waals surface area contributed by atoms with E-state index in [2.05, 4.69) is 30.7 Å². The number of amides is 1. The van der Waals surface area contributed by atoms with Crippen LogP contribution in [0.15, 0.2) is 64.6 Å². The Morgan fingerprint density at radius 3 is 2.45 bits per heavy atom. The van der Waals surface area contributed by atoms with Crippen molar-refractivity contribution in [3.8, 4) is 0 Å². The van der Waals surface area contributed by atoms with Crippen LogP contribution in [0, 0.1) is 12.7 Å². The Kier molecular flexibility index (Phi) is 7.07. The highest BCUT2D eigenvalue weighted by atomic mass is 32.2. The molecule has 10 heteroatoms. The number of aryl methyl sites for hydroxylation is 1. The van der Waals surface area contributed by atoms with Gasteiger partial charge < -0.3 is 15.5 Å². The summed E-state index contributed by atoms with van der Waals surface area (Å²) >= 11 is 1.42. The summed E-state index contributed by atoms with van der Waals surface area (Å²) in [5.74, 6) is 1.25. The Morgan fingerprint density at radius 1 is 1.05 bits per heavy atom. The van der Waals surface area contributed by atoms with Gasteiger partial charge in [0.05, 0.1) is 5.56 Å². The van der Waals surface area contributed by atoms with E-state index in [0.29, 0.717) is 28.0 Å². The van der Waals surface area contributed by atoms with Crippen LogP contribution in [0.5, 0.6) is 0 Å². The van der Waals surface area contributed by atoms with E-state index in [0.717, 1.165) is 35.9 Å². The number of aromatic amines is 1. The molecule has 1 amide bonds. The van der Waals surface area contributed by atoms with Gasteiger partial charge in [0, 0.05) is 41.5 Å². The first-order chi connectivity index (χ1) is 18.2. The number of nitrogens with one attached hydrogen (secondary N) is 3. The molecule has 1 aliphatic rings. The van der Waals surface area contributed by atoms with Crippen molar-refractivity contribution in [2.24, 2.45) is 0 Å². The maximum Gasteiger partial charge on any atom is 0.258 e. The van der Waals surface area contributed by atoms with Gasteiger partial charge in [-0.3, -0.25) is 9.89 Å². The fourth-order valence-electron chi connectivity index (χ4n) is 4.04. The van der Waals surface area contributed by atoms with Crippen LogP contribution in [-0.2, 0) is 5.41 Å². The lowest BCUT2D eigenvalue weighted by atomic mass is 9.85. The summed E-state index contributed by atoms with van der Waals surface area (Å²) in [5.41, 5.74) is 1.66. The summed E-state index contributed by atoms with van der Waals surface area (Å²) in [6.07, 6.45) is 1.14. The molecule has 2 aromatic carbocycles. The minimum atomic E-state index is -0.488. The first-order valence-corrected chi connectivity index (χ1v) is 13.3. The van der Waals surface area contributed by atoms with Crippen LogP contribution in [0.1, 0.15) is 48.8 Å². The average molecular weight is 532 g/mol. The summed E-state index contributed by atoms with van der Waals surface area (Å²) < 4.78 is 15.0. The van der Waals surface area contributed by atoms with Crippen molar-refractivity contribution in [2.45, 2.75) is 49.6 Å². The lowest BCUT2D eigenvalue weighted by Crippen LogP contribution is -2.37. The summed E-state index contributed by atoms with van der Waals surface area (Å²) in [4.78, 5) is 25.3. The fraction of sp³-hybridized carbons (Fsp3) is 0.286. The van der Waals surface area contributed by atoms with Crippen LogP contribution in [0.2, 0.25) is 0 Å². The van der Waals surface area contributed by atoms with Gasteiger partial charge in [0.15, 0.2) is 11.0 Å². The van der Waals surface area contributed by atoms with Crippen LogP contribution >= 0.6 is 11.8 Å². The van der Waals surface area contributed by atoms with Gasteiger partial charge in [0.25, 0.3) is 5.91 Å². The van der Waals surface area contributed by atoms with Crippen LogP contribution < -0.4 is 15.5 Å². The zero-order valence-corrected chi connectivity index (χ0v) is 22.6. The van der Waals surface area contributed by atoms with E-state index in [9.17, 15) is 4.79 Å². The van der Waals surface area contributed by atoms with Gasteiger partial charge in [-0.1, -0.05) is 32.9 Å². The zero-order chi connectivity index (χ0) is 26.9. The molecular formula is C28H30FN7OS. The predicted octanol–water partition coefficient (Wildman–Crippen LogP) is 6.30. The molecule has 0 atom stereocenters. The van der Waals surface area contributed by atoms with Crippen molar-refractivity contribution >= 4 is 40.8 Å². The Bertz CT molecular complexity index is 1460. The van der Waals surface area contributed by atoms with Crippen molar-refractivity contribution in [3.63, 3.8) is 0 Å². The van der Waals surface area contributed by atoms with E-state index in [1.54, 1.807) is 24.3 Å². The van der Waals surface area contributed by atoms with E-state index in [1.165, 1.54) is 17.8 Å². The predicted molar refractivity (Wildman–Crippen MR) is 149 cm³/mol. The van der Waals surface area contributed by atoms with Gasteiger partial charge in [0.2, 0.25) is 0 Å². The number of nitrogens with zero attached hydrogens (tertiary/aromatic N) is 4. The summed E-state index contributed by atoms with van der Waals surface area (Å²) in [5, 5.41) is 13.8. The number of H-pyrrole nitrogens is 1. The number of rotatable bonds is 7. The van der Waals surface area contributed by atoms with Crippen LogP contribution in [0.3, 0.4) is 0 Å². The second-order valence-corrected chi connectivity index (χ2v) is 11.3. The average Bonchev–Trinajstić information content (AvgIpc) is 3.22. The molecule has 4 aromatic rings. The number of hydrogen-bond donors (Lipinski definition) is 3.